The minimum Gasteiger partial charge on any atom is -0.374 e. The highest BCUT2D eigenvalue weighted by Crippen LogP contribution is 2.15. The molecule has 5 heteroatoms. The second-order valence-corrected chi connectivity index (χ2v) is 6.45. The largest absolute Gasteiger partial charge is 0.374 e. The van der Waals surface area contributed by atoms with Crippen LogP contribution in [0.25, 0.3) is 0 Å². The zero-order chi connectivity index (χ0) is 15.3. The Bertz CT molecular complexity index is 350. The van der Waals surface area contributed by atoms with E-state index >= 15 is 0 Å². The quantitative estimate of drug-likeness (QED) is 0.836. The second-order valence-electron chi connectivity index (χ2n) is 6.45. The molecule has 0 bridgehead atoms. The van der Waals surface area contributed by atoms with Gasteiger partial charge in [-0.1, -0.05) is 13.3 Å². The Morgan fingerprint density at radius 1 is 1.35 bits per heavy atom. The molecule has 2 atom stereocenters. The fourth-order valence-corrected chi connectivity index (χ4v) is 2.38. The standard InChI is InChI=1S/C15H28N2O3/c1-6-7-12-14(19)17(8-9-20-15(3,4)5)11(2)10-13(18)16-12/h11-12H,6-10H2,1-5H3,(H,16,18). The highest BCUT2D eigenvalue weighted by Gasteiger charge is 2.33. The van der Waals surface area contributed by atoms with Gasteiger partial charge in [0.2, 0.25) is 11.8 Å². The lowest BCUT2D eigenvalue weighted by Gasteiger charge is -2.30. The molecule has 1 aliphatic heterocycles. The summed E-state index contributed by atoms with van der Waals surface area (Å²) >= 11 is 0. The van der Waals surface area contributed by atoms with Gasteiger partial charge in [0, 0.05) is 19.0 Å². The molecule has 2 unspecified atom stereocenters. The fourth-order valence-electron chi connectivity index (χ4n) is 2.38. The van der Waals surface area contributed by atoms with Gasteiger partial charge in [-0.05, 0) is 34.1 Å². The van der Waals surface area contributed by atoms with E-state index in [2.05, 4.69) is 5.32 Å². The van der Waals surface area contributed by atoms with Crippen LogP contribution in [0.15, 0.2) is 0 Å². The van der Waals surface area contributed by atoms with Gasteiger partial charge in [0.05, 0.1) is 12.2 Å². The van der Waals surface area contributed by atoms with Gasteiger partial charge >= 0.3 is 0 Å². The van der Waals surface area contributed by atoms with Gasteiger partial charge in [0.1, 0.15) is 6.04 Å². The van der Waals surface area contributed by atoms with E-state index < -0.39 is 0 Å². The monoisotopic (exact) mass is 284 g/mol. The van der Waals surface area contributed by atoms with Gasteiger partial charge in [0.25, 0.3) is 0 Å². The molecule has 0 aromatic rings. The van der Waals surface area contributed by atoms with Crippen molar-refractivity contribution in [2.45, 2.75) is 71.6 Å². The topological polar surface area (TPSA) is 58.6 Å². The predicted molar refractivity (Wildman–Crippen MR) is 78.3 cm³/mol. The number of amides is 2. The first-order valence-electron chi connectivity index (χ1n) is 7.48. The van der Waals surface area contributed by atoms with E-state index in [0.717, 1.165) is 6.42 Å². The van der Waals surface area contributed by atoms with E-state index in [9.17, 15) is 9.59 Å². The van der Waals surface area contributed by atoms with Crippen molar-refractivity contribution in [3.8, 4) is 0 Å². The number of nitrogens with zero attached hydrogens (tertiary/aromatic N) is 1. The van der Waals surface area contributed by atoms with Gasteiger partial charge in [-0.25, -0.2) is 0 Å². The molecule has 1 fully saturated rings. The minimum absolute atomic E-state index is 0.0164. The molecule has 1 rings (SSSR count). The molecule has 2 amide bonds. The van der Waals surface area contributed by atoms with E-state index in [4.69, 9.17) is 4.74 Å². The van der Waals surface area contributed by atoms with Crippen LogP contribution in [0.5, 0.6) is 0 Å². The van der Waals surface area contributed by atoms with Crippen LogP contribution in [-0.4, -0.2) is 47.6 Å². The number of carbonyl (C=O) groups excluding carboxylic acids is 2. The minimum atomic E-state index is -0.382. The maximum Gasteiger partial charge on any atom is 0.245 e. The van der Waals surface area contributed by atoms with E-state index in [0.29, 0.717) is 26.0 Å². The van der Waals surface area contributed by atoms with Gasteiger partial charge in [-0.2, -0.15) is 0 Å². The summed E-state index contributed by atoms with van der Waals surface area (Å²) in [4.78, 5) is 26.1. The van der Waals surface area contributed by atoms with E-state index in [1.165, 1.54) is 0 Å². The smallest absolute Gasteiger partial charge is 0.245 e. The highest BCUT2D eigenvalue weighted by molar-refractivity contribution is 5.90. The summed E-state index contributed by atoms with van der Waals surface area (Å²) in [6.45, 7) is 10.9. The number of carbonyl (C=O) groups is 2. The van der Waals surface area contributed by atoms with Crippen molar-refractivity contribution in [2.24, 2.45) is 0 Å². The molecule has 0 aromatic heterocycles. The lowest BCUT2D eigenvalue weighted by molar-refractivity contribution is -0.136. The third kappa shape index (κ3) is 5.12. The van der Waals surface area contributed by atoms with Gasteiger partial charge < -0.3 is 15.0 Å². The molecular weight excluding hydrogens is 256 g/mol. The SMILES string of the molecule is CCCC1NC(=O)CC(C)N(CCOC(C)(C)C)C1=O. The van der Waals surface area contributed by atoms with Crippen molar-refractivity contribution in [1.29, 1.82) is 0 Å². The van der Waals surface area contributed by atoms with Crippen molar-refractivity contribution >= 4 is 11.8 Å². The normalized spacial score (nSPS) is 24.6. The van der Waals surface area contributed by atoms with Crippen LogP contribution in [0.1, 0.15) is 53.9 Å². The maximum atomic E-state index is 12.5. The van der Waals surface area contributed by atoms with E-state index in [1.54, 1.807) is 4.90 Å². The van der Waals surface area contributed by atoms with Crippen molar-refractivity contribution in [2.75, 3.05) is 13.2 Å². The Labute approximate surface area is 122 Å². The van der Waals surface area contributed by atoms with Crippen molar-refractivity contribution in [1.82, 2.24) is 10.2 Å². The Morgan fingerprint density at radius 2 is 2.00 bits per heavy atom. The average molecular weight is 284 g/mol. The van der Waals surface area contributed by atoms with Crippen LogP contribution in [-0.2, 0) is 14.3 Å². The van der Waals surface area contributed by atoms with Crippen molar-refractivity contribution in [3.05, 3.63) is 0 Å². The summed E-state index contributed by atoms with van der Waals surface area (Å²) in [7, 11) is 0. The molecule has 0 aromatic carbocycles. The lowest BCUT2D eigenvalue weighted by atomic mass is 10.1. The zero-order valence-corrected chi connectivity index (χ0v) is 13.4. The first-order valence-corrected chi connectivity index (χ1v) is 7.48. The molecule has 20 heavy (non-hydrogen) atoms. The fraction of sp³-hybridized carbons (Fsp3) is 0.867. The maximum absolute atomic E-state index is 12.5. The third-order valence-corrected chi connectivity index (χ3v) is 3.37. The molecule has 0 aliphatic carbocycles. The van der Waals surface area contributed by atoms with Crippen LogP contribution >= 0.6 is 0 Å². The predicted octanol–water partition coefficient (Wildman–Crippen LogP) is 1.71. The zero-order valence-electron chi connectivity index (χ0n) is 13.4. The van der Waals surface area contributed by atoms with Crippen LogP contribution in [0.2, 0.25) is 0 Å². The number of hydrogen-bond acceptors (Lipinski definition) is 3. The molecule has 1 N–H and O–H groups in total. The molecular formula is C15H28N2O3. The Morgan fingerprint density at radius 3 is 2.55 bits per heavy atom. The third-order valence-electron chi connectivity index (χ3n) is 3.37. The molecule has 5 nitrogen and oxygen atoms in total. The highest BCUT2D eigenvalue weighted by atomic mass is 16.5. The summed E-state index contributed by atoms with van der Waals surface area (Å²) in [5.74, 6) is -0.0220. The van der Waals surface area contributed by atoms with Gasteiger partial charge in [-0.15, -0.1) is 0 Å². The lowest BCUT2D eigenvalue weighted by Crippen LogP contribution is -2.47. The van der Waals surface area contributed by atoms with Crippen molar-refractivity contribution < 1.29 is 14.3 Å². The second kappa shape index (κ2) is 7.07. The number of nitrogens with one attached hydrogen (secondary N) is 1. The van der Waals surface area contributed by atoms with E-state index in [1.807, 2.05) is 34.6 Å². The summed E-state index contributed by atoms with van der Waals surface area (Å²) in [5.41, 5.74) is -0.213. The summed E-state index contributed by atoms with van der Waals surface area (Å²) in [6, 6.07) is -0.458. The Kier molecular flexibility index (Phi) is 5.99. The molecule has 0 radical (unpaired) electrons. The van der Waals surface area contributed by atoms with Crippen LogP contribution in [0, 0.1) is 0 Å². The molecule has 0 spiro atoms. The van der Waals surface area contributed by atoms with Crippen molar-refractivity contribution in [3.63, 3.8) is 0 Å². The Hall–Kier alpha value is -1.10. The van der Waals surface area contributed by atoms with E-state index in [-0.39, 0.29) is 29.5 Å². The summed E-state index contributed by atoms with van der Waals surface area (Å²) in [6.07, 6.45) is 1.92. The van der Waals surface area contributed by atoms with Gasteiger partial charge in [-0.3, -0.25) is 9.59 Å². The number of hydrogen-bond donors (Lipinski definition) is 1. The average Bonchev–Trinajstić information content (AvgIpc) is 2.39. The summed E-state index contributed by atoms with van der Waals surface area (Å²) < 4.78 is 5.69. The number of rotatable bonds is 5. The van der Waals surface area contributed by atoms with Crippen LogP contribution < -0.4 is 5.32 Å². The number of ether oxygens (including phenoxy) is 1. The first kappa shape index (κ1) is 17.0. The molecule has 0 saturated carbocycles. The van der Waals surface area contributed by atoms with Crippen LogP contribution in [0.4, 0.5) is 0 Å². The first-order chi connectivity index (χ1) is 9.24. The van der Waals surface area contributed by atoms with Gasteiger partial charge in [0.15, 0.2) is 0 Å². The molecule has 1 saturated heterocycles. The molecule has 1 heterocycles. The van der Waals surface area contributed by atoms with Crippen LogP contribution in [0.3, 0.4) is 0 Å². The molecule has 116 valence electrons. The Balaban J connectivity index is 2.69. The molecule has 1 aliphatic rings. The summed E-state index contributed by atoms with van der Waals surface area (Å²) in [5, 5.41) is 2.83.